The topological polar surface area (TPSA) is 12.4 Å². The van der Waals surface area contributed by atoms with Crippen molar-refractivity contribution in [1.29, 1.82) is 0 Å². The lowest BCUT2D eigenvalue weighted by Crippen LogP contribution is -2.24. The molecule has 0 amide bonds. The van der Waals surface area contributed by atoms with Crippen LogP contribution in [0.1, 0.15) is 13.8 Å². The van der Waals surface area contributed by atoms with Crippen LogP contribution in [0, 0.1) is 11.8 Å². The molecule has 0 aromatic rings. The Kier molecular flexibility index (Phi) is 2.17. The largest absolute Gasteiger partial charge is 0.284 e. The van der Waals surface area contributed by atoms with Crippen molar-refractivity contribution in [1.82, 2.24) is 0 Å². The van der Waals surface area contributed by atoms with Gasteiger partial charge in [-0.05, 0) is 17.6 Å². The maximum atomic E-state index is 4.52. The van der Waals surface area contributed by atoms with E-state index in [0.717, 1.165) is 0 Å². The minimum atomic E-state index is 0.370. The molecule has 1 aliphatic heterocycles. The second-order valence-corrected chi connectivity index (χ2v) is 3.91. The second kappa shape index (κ2) is 3.33. The Labute approximate surface area is 79.6 Å². The first-order valence-electron chi connectivity index (χ1n) is 4.87. The molecule has 0 radical (unpaired) electrons. The van der Waals surface area contributed by atoms with Crippen molar-refractivity contribution in [2.75, 3.05) is 0 Å². The second-order valence-electron chi connectivity index (χ2n) is 3.91. The van der Waals surface area contributed by atoms with Crippen LogP contribution in [0.25, 0.3) is 0 Å². The molecule has 0 bridgehead atoms. The summed E-state index contributed by atoms with van der Waals surface area (Å²) in [6, 6.07) is 0.370. The molecule has 0 spiro atoms. The van der Waals surface area contributed by atoms with Crippen molar-refractivity contribution in [2.24, 2.45) is 16.8 Å². The maximum Gasteiger partial charge on any atom is 0.0811 e. The standard InChI is InChI=1S/C12H15N/c1-9(2)11-7-3-5-10-6-4-8-13-12(10)11/h3-10,12H,1-2H3. The lowest BCUT2D eigenvalue weighted by atomic mass is 9.82. The molecule has 0 aromatic heterocycles. The van der Waals surface area contributed by atoms with Crippen LogP contribution < -0.4 is 0 Å². The van der Waals surface area contributed by atoms with Gasteiger partial charge in [0.2, 0.25) is 0 Å². The minimum Gasteiger partial charge on any atom is -0.284 e. The van der Waals surface area contributed by atoms with E-state index in [9.17, 15) is 0 Å². The number of allylic oxidation sites excluding steroid dienone is 3. The first-order chi connectivity index (χ1) is 6.29. The van der Waals surface area contributed by atoms with Gasteiger partial charge >= 0.3 is 0 Å². The van der Waals surface area contributed by atoms with E-state index < -0.39 is 0 Å². The van der Waals surface area contributed by atoms with Gasteiger partial charge in [0, 0.05) is 12.1 Å². The minimum absolute atomic E-state index is 0.370. The number of fused-ring (bicyclic) bond motifs is 1. The summed E-state index contributed by atoms with van der Waals surface area (Å²) in [6.45, 7) is 4.46. The summed E-state index contributed by atoms with van der Waals surface area (Å²) in [5, 5.41) is 0. The Morgan fingerprint density at radius 2 is 2.00 bits per heavy atom. The van der Waals surface area contributed by atoms with Crippen molar-refractivity contribution in [3.63, 3.8) is 0 Å². The van der Waals surface area contributed by atoms with Gasteiger partial charge in [0.15, 0.2) is 0 Å². The Balaban J connectivity index is 2.29. The Hall–Kier alpha value is -1.11. The fourth-order valence-electron chi connectivity index (χ4n) is 1.93. The van der Waals surface area contributed by atoms with Gasteiger partial charge in [-0.25, -0.2) is 0 Å². The molecule has 2 unspecified atom stereocenters. The first-order valence-corrected chi connectivity index (χ1v) is 4.87. The van der Waals surface area contributed by atoms with Gasteiger partial charge in [0.25, 0.3) is 0 Å². The number of hydrogen-bond donors (Lipinski definition) is 0. The van der Waals surface area contributed by atoms with Gasteiger partial charge in [-0.15, -0.1) is 0 Å². The molecule has 2 aliphatic rings. The van der Waals surface area contributed by atoms with Gasteiger partial charge in [-0.2, -0.15) is 0 Å². The van der Waals surface area contributed by atoms with Crippen LogP contribution in [0.15, 0.2) is 40.9 Å². The summed E-state index contributed by atoms with van der Waals surface area (Å²) >= 11 is 0. The summed E-state index contributed by atoms with van der Waals surface area (Å²) in [5.41, 5.74) is 1.45. The Bertz CT molecular complexity index is 305. The van der Waals surface area contributed by atoms with Crippen LogP contribution in [0.5, 0.6) is 0 Å². The van der Waals surface area contributed by atoms with Crippen LogP contribution in [0.2, 0.25) is 0 Å². The Morgan fingerprint density at radius 1 is 1.23 bits per heavy atom. The van der Waals surface area contributed by atoms with E-state index in [1.165, 1.54) is 5.57 Å². The molecule has 1 heteroatoms. The zero-order valence-corrected chi connectivity index (χ0v) is 8.14. The van der Waals surface area contributed by atoms with E-state index in [4.69, 9.17) is 0 Å². The fraction of sp³-hybridized carbons (Fsp3) is 0.417. The summed E-state index contributed by atoms with van der Waals surface area (Å²) < 4.78 is 0. The number of rotatable bonds is 1. The summed E-state index contributed by atoms with van der Waals surface area (Å²) in [5.74, 6) is 1.09. The van der Waals surface area contributed by atoms with Gasteiger partial charge < -0.3 is 0 Å². The molecule has 2 atom stereocenters. The molecule has 0 saturated heterocycles. The van der Waals surface area contributed by atoms with Crippen LogP contribution in [-0.2, 0) is 0 Å². The van der Waals surface area contributed by atoms with E-state index in [1.807, 2.05) is 12.3 Å². The number of hydrogen-bond acceptors (Lipinski definition) is 1. The van der Waals surface area contributed by atoms with Crippen LogP contribution >= 0.6 is 0 Å². The summed E-state index contributed by atoms with van der Waals surface area (Å²) in [7, 11) is 0. The molecular formula is C12H15N. The van der Waals surface area contributed by atoms with Crippen molar-refractivity contribution in [2.45, 2.75) is 19.9 Å². The molecule has 2 rings (SSSR count). The molecule has 1 heterocycles. The predicted octanol–water partition coefficient (Wildman–Crippen LogP) is 2.76. The smallest absolute Gasteiger partial charge is 0.0811 e. The third kappa shape index (κ3) is 1.51. The quantitative estimate of drug-likeness (QED) is 0.578. The highest BCUT2D eigenvalue weighted by atomic mass is 14.8. The SMILES string of the molecule is CC(C)C1=CC=CC2C=CC=NC12. The van der Waals surface area contributed by atoms with Crippen molar-refractivity contribution in [3.05, 3.63) is 36.0 Å². The Morgan fingerprint density at radius 3 is 2.77 bits per heavy atom. The maximum absolute atomic E-state index is 4.52. The van der Waals surface area contributed by atoms with Crippen LogP contribution in [0.4, 0.5) is 0 Å². The average Bonchev–Trinajstić information content (AvgIpc) is 2.17. The number of dihydropyridines is 1. The summed E-state index contributed by atoms with van der Waals surface area (Å²) in [6.07, 6.45) is 12.8. The lowest BCUT2D eigenvalue weighted by molar-refractivity contribution is 0.575. The van der Waals surface area contributed by atoms with Gasteiger partial charge in [0.1, 0.15) is 0 Å². The van der Waals surface area contributed by atoms with E-state index in [-0.39, 0.29) is 0 Å². The molecule has 0 saturated carbocycles. The monoisotopic (exact) mass is 173 g/mol. The third-order valence-electron chi connectivity index (χ3n) is 2.66. The average molecular weight is 173 g/mol. The molecule has 0 fully saturated rings. The summed E-state index contributed by atoms with van der Waals surface area (Å²) in [4.78, 5) is 4.52. The molecule has 68 valence electrons. The van der Waals surface area contributed by atoms with Gasteiger partial charge in [-0.3, -0.25) is 4.99 Å². The zero-order valence-electron chi connectivity index (χ0n) is 8.14. The highest BCUT2D eigenvalue weighted by Crippen LogP contribution is 2.29. The van der Waals surface area contributed by atoms with E-state index >= 15 is 0 Å². The first kappa shape index (κ1) is 8.49. The molecule has 0 N–H and O–H groups in total. The molecular weight excluding hydrogens is 158 g/mol. The molecule has 1 nitrogen and oxygen atoms in total. The molecule has 13 heavy (non-hydrogen) atoms. The lowest BCUT2D eigenvalue weighted by Gasteiger charge is -2.28. The highest BCUT2D eigenvalue weighted by molar-refractivity contribution is 5.73. The number of nitrogens with zero attached hydrogens (tertiary/aromatic N) is 1. The normalized spacial score (nSPS) is 30.5. The molecule has 0 aromatic carbocycles. The van der Waals surface area contributed by atoms with E-state index in [0.29, 0.717) is 17.9 Å². The van der Waals surface area contributed by atoms with Gasteiger partial charge in [0.05, 0.1) is 6.04 Å². The van der Waals surface area contributed by atoms with Crippen molar-refractivity contribution >= 4 is 6.21 Å². The van der Waals surface area contributed by atoms with Crippen molar-refractivity contribution < 1.29 is 0 Å². The molecule has 1 aliphatic carbocycles. The zero-order chi connectivity index (χ0) is 9.26. The fourth-order valence-corrected chi connectivity index (χ4v) is 1.93. The highest BCUT2D eigenvalue weighted by Gasteiger charge is 2.24. The van der Waals surface area contributed by atoms with E-state index in [2.05, 4.69) is 43.1 Å². The predicted molar refractivity (Wildman–Crippen MR) is 57.0 cm³/mol. The third-order valence-corrected chi connectivity index (χ3v) is 2.66. The van der Waals surface area contributed by atoms with E-state index in [1.54, 1.807) is 0 Å². The number of aliphatic imine (C=N–C) groups is 1. The van der Waals surface area contributed by atoms with Crippen molar-refractivity contribution in [3.8, 4) is 0 Å². The van der Waals surface area contributed by atoms with Crippen LogP contribution in [0.3, 0.4) is 0 Å². The van der Waals surface area contributed by atoms with Gasteiger partial charge in [-0.1, -0.05) is 38.2 Å². The van der Waals surface area contributed by atoms with Crippen LogP contribution in [-0.4, -0.2) is 12.3 Å².